The minimum atomic E-state index is -0.505. The van der Waals surface area contributed by atoms with E-state index in [2.05, 4.69) is 24.5 Å². The van der Waals surface area contributed by atoms with E-state index in [9.17, 15) is 4.79 Å². The molecule has 4 nitrogen and oxygen atoms in total. The largest absolute Gasteiger partial charge is 0.444 e. The van der Waals surface area contributed by atoms with E-state index in [-0.39, 0.29) is 5.41 Å². The Morgan fingerprint density at radius 3 is 2.52 bits per heavy atom. The molecule has 23 heavy (non-hydrogen) atoms. The summed E-state index contributed by atoms with van der Waals surface area (Å²) >= 11 is 1.98. The molecule has 0 bridgehead atoms. The Kier molecular flexibility index (Phi) is 5.50. The second kappa shape index (κ2) is 7.04. The zero-order valence-corrected chi connectivity index (χ0v) is 15.5. The van der Waals surface area contributed by atoms with Crippen LogP contribution in [0.25, 0.3) is 0 Å². The van der Waals surface area contributed by atoms with Crippen LogP contribution in [-0.4, -0.2) is 29.2 Å². The molecule has 1 fully saturated rings. The first kappa shape index (κ1) is 18.0. The first-order chi connectivity index (χ1) is 10.7. The van der Waals surface area contributed by atoms with Crippen LogP contribution in [0.4, 0.5) is 16.2 Å². The lowest BCUT2D eigenvalue weighted by Gasteiger charge is -2.39. The van der Waals surface area contributed by atoms with Gasteiger partial charge in [0, 0.05) is 11.8 Å². The number of thioether (sulfide) groups is 1. The number of amides is 1. The molecule has 2 rings (SSSR count). The molecule has 0 radical (unpaired) electrons. The number of benzene rings is 1. The van der Waals surface area contributed by atoms with Crippen molar-refractivity contribution in [2.75, 3.05) is 22.1 Å². The minimum absolute atomic E-state index is 0.240. The van der Waals surface area contributed by atoms with Gasteiger partial charge in [0.1, 0.15) is 5.60 Å². The maximum absolute atomic E-state index is 12.0. The van der Waals surface area contributed by atoms with Crippen LogP contribution in [0.5, 0.6) is 0 Å². The van der Waals surface area contributed by atoms with E-state index >= 15 is 0 Å². The van der Waals surface area contributed by atoms with Gasteiger partial charge in [-0.05, 0) is 50.5 Å². The van der Waals surface area contributed by atoms with E-state index in [1.165, 1.54) is 12.2 Å². The Morgan fingerprint density at radius 1 is 1.26 bits per heavy atom. The van der Waals surface area contributed by atoms with E-state index in [0.717, 1.165) is 17.1 Å². The molecule has 1 heterocycles. The van der Waals surface area contributed by atoms with E-state index in [0.29, 0.717) is 6.04 Å². The van der Waals surface area contributed by atoms with Crippen molar-refractivity contribution in [3.05, 3.63) is 24.3 Å². The van der Waals surface area contributed by atoms with Gasteiger partial charge in [0.2, 0.25) is 0 Å². The van der Waals surface area contributed by atoms with Gasteiger partial charge in [0.25, 0.3) is 0 Å². The third kappa shape index (κ3) is 5.34. The van der Waals surface area contributed by atoms with Gasteiger partial charge >= 0.3 is 6.09 Å². The van der Waals surface area contributed by atoms with Crippen molar-refractivity contribution >= 4 is 29.2 Å². The van der Waals surface area contributed by atoms with Crippen LogP contribution in [0.1, 0.15) is 41.0 Å². The van der Waals surface area contributed by atoms with Crippen molar-refractivity contribution in [2.45, 2.75) is 52.7 Å². The Bertz CT molecular complexity index is 552. The zero-order chi connectivity index (χ0) is 17.1. The van der Waals surface area contributed by atoms with Gasteiger partial charge in [-0.2, -0.15) is 11.8 Å². The van der Waals surface area contributed by atoms with Crippen molar-refractivity contribution in [1.82, 2.24) is 0 Å². The summed E-state index contributed by atoms with van der Waals surface area (Å²) in [6.07, 6.45) is 0.765. The SMILES string of the molecule is CC(C)(C)OC(=O)Nc1ccccc1NC1CSCCC1(C)C. The van der Waals surface area contributed by atoms with Crippen LogP contribution in [0.15, 0.2) is 24.3 Å². The number of nitrogens with one attached hydrogen (secondary N) is 2. The summed E-state index contributed by atoms with van der Waals surface area (Å²) in [6.45, 7) is 10.2. The first-order valence-electron chi connectivity index (χ1n) is 8.11. The summed E-state index contributed by atoms with van der Waals surface area (Å²) in [5.74, 6) is 2.29. The van der Waals surface area contributed by atoms with Crippen LogP contribution in [0, 0.1) is 5.41 Å². The van der Waals surface area contributed by atoms with Crippen molar-refractivity contribution < 1.29 is 9.53 Å². The van der Waals surface area contributed by atoms with Gasteiger partial charge < -0.3 is 10.1 Å². The average Bonchev–Trinajstić information content (AvgIpc) is 2.41. The standard InChI is InChI=1S/C18H28N2O2S/c1-17(2,3)22-16(21)20-14-9-7-6-8-13(14)19-15-12-23-11-10-18(15,4)5/h6-9,15,19H,10-12H2,1-5H3,(H,20,21). The summed E-state index contributed by atoms with van der Waals surface area (Å²) < 4.78 is 5.35. The highest BCUT2D eigenvalue weighted by molar-refractivity contribution is 7.99. The minimum Gasteiger partial charge on any atom is -0.444 e. The lowest BCUT2D eigenvalue weighted by molar-refractivity contribution is 0.0636. The van der Waals surface area contributed by atoms with E-state index < -0.39 is 11.7 Å². The number of ether oxygens (including phenoxy) is 1. The predicted octanol–water partition coefficient (Wildman–Crippen LogP) is 4.98. The van der Waals surface area contributed by atoms with Crippen LogP contribution < -0.4 is 10.6 Å². The highest BCUT2D eigenvalue weighted by atomic mass is 32.2. The van der Waals surface area contributed by atoms with Gasteiger partial charge in [-0.3, -0.25) is 5.32 Å². The molecule has 128 valence electrons. The molecule has 2 N–H and O–H groups in total. The third-order valence-corrected chi connectivity index (χ3v) is 5.07. The number of hydrogen-bond acceptors (Lipinski definition) is 4. The fourth-order valence-electron chi connectivity index (χ4n) is 2.49. The summed E-state index contributed by atoms with van der Waals surface area (Å²) in [6, 6.07) is 8.17. The maximum atomic E-state index is 12.0. The van der Waals surface area contributed by atoms with Crippen molar-refractivity contribution in [1.29, 1.82) is 0 Å². The Hall–Kier alpha value is -1.36. The number of rotatable bonds is 3. The van der Waals surface area contributed by atoms with E-state index in [1.54, 1.807) is 0 Å². The fourth-order valence-corrected chi connectivity index (χ4v) is 4.10. The summed E-state index contributed by atoms with van der Waals surface area (Å²) in [5.41, 5.74) is 1.44. The summed E-state index contributed by atoms with van der Waals surface area (Å²) in [4.78, 5) is 12.0. The van der Waals surface area contributed by atoms with E-state index in [1.807, 2.05) is 56.8 Å². The number of para-hydroxylation sites is 2. The molecule has 1 aliphatic heterocycles. The first-order valence-corrected chi connectivity index (χ1v) is 9.26. The fraction of sp³-hybridized carbons (Fsp3) is 0.611. The molecule has 1 aromatic rings. The second-order valence-electron chi connectivity index (χ2n) is 7.68. The lowest BCUT2D eigenvalue weighted by atomic mass is 9.82. The molecule has 1 amide bonds. The summed E-state index contributed by atoms with van der Waals surface area (Å²) in [7, 11) is 0. The number of anilines is 2. The Morgan fingerprint density at radius 2 is 1.91 bits per heavy atom. The molecule has 5 heteroatoms. The number of carbonyl (C=O) groups is 1. The van der Waals surface area contributed by atoms with Crippen LogP contribution >= 0.6 is 11.8 Å². The van der Waals surface area contributed by atoms with Crippen molar-refractivity contribution in [3.63, 3.8) is 0 Å². The lowest BCUT2D eigenvalue weighted by Crippen LogP contribution is -2.41. The van der Waals surface area contributed by atoms with Crippen LogP contribution in [0.3, 0.4) is 0 Å². The van der Waals surface area contributed by atoms with Gasteiger partial charge in [0.15, 0.2) is 0 Å². The topological polar surface area (TPSA) is 50.4 Å². The number of carbonyl (C=O) groups excluding carboxylic acids is 1. The van der Waals surface area contributed by atoms with Crippen LogP contribution in [-0.2, 0) is 4.74 Å². The van der Waals surface area contributed by atoms with Crippen molar-refractivity contribution in [3.8, 4) is 0 Å². The quantitative estimate of drug-likeness (QED) is 0.817. The average molecular weight is 337 g/mol. The van der Waals surface area contributed by atoms with Gasteiger partial charge in [-0.15, -0.1) is 0 Å². The molecule has 0 aliphatic carbocycles. The molecule has 1 aliphatic rings. The smallest absolute Gasteiger partial charge is 0.412 e. The Labute approximate surface area is 143 Å². The summed E-state index contributed by atoms with van der Waals surface area (Å²) in [5, 5.41) is 6.47. The molecule has 0 saturated carbocycles. The Balaban J connectivity index is 2.10. The normalized spacial score (nSPS) is 20.7. The molecule has 1 aromatic carbocycles. The predicted molar refractivity (Wildman–Crippen MR) is 99.4 cm³/mol. The molecule has 1 atom stereocenters. The highest BCUT2D eigenvalue weighted by Crippen LogP contribution is 2.37. The molecule has 0 aromatic heterocycles. The van der Waals surface area contributed by atoms with Crippen LogP contribution in [0.2, 0.25) is 0 Å². The second-order valence-corrected chi connectivity index (χ2v) is 8.83. The third-order valence-electron chi connectivity index (χ3n) is 4.01. The molecular formula is C18H28N2O2S. The zero-order valence-electron chi connectivity index (χ0n) is 14.7. The highest BCUT2D eigenvalue weighted by Gasteiger charge is 2.32. The number of hydrogen-bond donors (Lipinski definition) is 2. The maximum Gasteiger partial charge on any atom is 0.412 e. The van der Waals surface area contributed by atoms with Gasteiger partial charge in [-0.25, -0.2) is 4.79 Å². The molecule has 0 spiro atoms. The van der Waals surface area contributed by atoms with Gasteiger partial charge in [-0.1, -0.05) is 26.0 Å². The monoisotopic (exact) mass is 336 g/mol. The molecular weight excluding hydrogens is 308 g/mol. The van der Waals surface area contributed by atoms with E-state index in [4.69, 9.17) is 4.74 Å². The van der Waals surface area contributed by atoms with Gasteiger partial charge in [0.05, 0.1) is 11.4 Å². The molecule has 1 unspecified atom stereocenters. The molecule has 1 saturated heterocycles. The van der Waals surface area contributed by atoms with Crippen molar-refractivity contribution in [2.24, 2.45) is 5.41 Å².